The number of thiazole rings is 1. The van der Waals surface area contributed by atoms with Crippen LogP contribution in [-0.2, 0) is 4.79 Å². The highest BCUT2D eigenvalue weighted by Crippen LogP contribution is 2.23. The number of carbonyl (C=O) groups is 1. The molecule has 1 N–H and O–H groups in total. The fourth-order valence-corrected chi connectivity index (χ4v) is 2.68. The van der Waals surface area contributed by atoms with Crippen molar-refractivity contribution >= 4 is 34.1 Å². The molecule has 3 rings (SSSR count). The number of nitrogens with one attached hydrogen (secondary N) is 1. The van der Waals surface area contributed by atoms with E-state index in [1.807, 2.05) is 0 Å². The second-order valence-electron chi connectivity index (χ2n) is 4.06. The smallest absolute Gasteiger partial charge is 0.277 e. The molecule has 0 saturated heterocycles. The van der Waals surface area contributed by atoms with Crippen LogP contribution >= 0.6 is 23.1 Å². The van der Waals surface area contributed by atoms with E-state index in [0.717, 1.165) is 11.8 Å². The van der Waals surface area contributed by atoms with Crippen molar-refractivity contribution in [2.45, 2.75) is 5.22 Å². The number of aromatic nitrogens is 3. The van der Waals surface area contributed by atoms with E-state index in [2.05, 4.69) is 20.5 Å². The Morgan fingerprint density at radius 3 is 3.09 bits per heavy atom. The van der Waals surface area contributed by atoms with Crippen LogP contribution in [0.3, 0.4) is 0 Å². The molecule has 0 spiro atoms. The molecule has 0 saturated carbocycles. The SMILES string of the molecule is O=C(CSc1nnc(-c2cccc(F)c2)o1)Nc1nccs1. The molecule has 6 nitrogen and oxygen atoms in total. The Bertz CT molecular complexity index is 776. The van der Waals surface area contributed by atoms with Gasteiger partial charge in [-0.1, -0.05) is 17.8 Å². The van der Waals surface area contributed by atoms with Gasteiger partial charge in [-0.25, -0.2) is 9.37 Å². The van der Waals surface area contributed by atoms with Gasteiger partial charge in [0.2, 0.25) is 11.8 Å². The zero-order chi connectivity index (χ0) is 15.4. The summed E-state index contributed by atoms with van der Waals surface area (Å²) in [6.07, 6.45) is 1.61. The van der Waals surface area contributed by atoms with Crippen LogP contribution in [0.15, 0.2) is 45.5 Å². The number of hydrogen-bond acceptors (Lipinski definition) is 7. The first-order valence-corrected chi connectivity index (χ1v) is 7.99. The fraction of sp³-hybridized carbons (Fsp3) is 0.0769. The molecule has 22 heavy (non-hydrogen) atoms. The number of anilines is 1. The van der Waals surface area contributed by atoms with Gasteiger partial charge < -0.3 is 9.73 Å². The van der Waals surface area contributed by atoms with E-state index < -0.39 is 0 Å². The lowest BCUT2D eigenvalue weighted by Crippen LogP contribution is -2.13. The zero-order valence-electron chi connectivity index (χ0n) is 11.0. The minimum atomic E-state index is -0.382. The Kier molecular flexibility index (Phi) is 4.45. The summed E-state index contributed by atoms with van der Waals surface area (Å²) in [5, 5.41) is 12.9. The summed E-state index contributed by atoms with van der Waals surface area (Å²) < 4.78 is 18.5. The van der Waals surface area contributed by atoms with Crippen LogP contribution < -0.4 is 5.32 Å². The van der Waals surface area contributed by atoms with Crippen molar-refractivity contribution in [1.29, 1.82) is 0 Å². The summed E-state index contributed by atoms with van der Waals surface area (Å²) in [5.41, 5.74) is 0.492. The molecule has 0 aliphatic heterocycles. The number of carbonyl (C=O) groups excluding carboxylic acids is 1. The Hall–Kier alpha value is -2.26. The number of nitrogens with zero attached hydrogens (tertiary/aromatic N) is 3. The first-order chi connectivity index (χ1) is 10.7. The van der Waals surface area contributed by atoms with Crippen LogP contribution in [0.4, 0.5) is 9.52 Å². The third-order valence-electron chi connectivity index (χ3n) is 2.48. The Morgan fingerprint density at radius 1 is 1.41 bits per heavy atom. The second kappa shape index (κ2) is 6.67. The summed E-state index contributed by atoms with van der Waals surface area (Å²) in [6.45, 7) is 0. The zero-order valence-corrected chi connectivity index (χ0v) is 12.7. The molecule has 0 fully saturated rings. The molecule has 0 aliphatic carbocycles. The minimum Gasteiger partial charge on any atom is -0.411 e. The molecule has 2 heterocycles. The minimum absolute atomic E-state index is 0.115. The maximum atomic E-state index is 13.1. The van der Waals surface area contributed by atoms with E-state index in [0.29, 0.717) is 10.7 Å². The van der Waals surface area contributed by atoms with Crippen LogP contribution in [0.5, 0.6) is 0 Å². The average Bonchev–Trinajstić information content (AvgIpc) is 3.16. The molecule has 0 bridgehead atoms. The van der Waals surface area contributed by atoms with Crippen molar-refractivity contribution in [2.24, 2.45) is 0 Å². The molecule has 1 aromatic carbocycles. The van der Waals surface area contributed by atoms with E-state index in [-0.39, 0.29) is 28.6 Å². The first-order valence-electron chi connectivity index (χ1n) is 6.12. The standard InChI is InChI=1S/C13H9FN4O2S2/c14-9-3-1-2-8(6-9)11-17-18-13(20-11)22-7-10(19)16-12-15-4-5-21-12/h1-6H,7H2,(H,15,16,19). The van der Waals surface area contributed by atoms with E-state index in [4.69, 9.17) is 4.42 Å². The normalized spacial score (nSPS) is 10.6. The molecule has 1 amide bonds. The lowest BCUT2D eigenvalue weighted by atomic mass is 10.2. The highest BCUT2D eigenvalue weighted by Gasteiger charge is 2.12. The van der Waals surface area contributed by atoms with Gasteiger partial charge in [-0.2, -0.15) is 0 Å². The summed E-state index contributed by atoms with van der Waals surface area (Å²) in [6, 6.07) is 5.86. The van der Waals surface area contributed by atoms with Crippen molar-refractivity contribution in [1.82, 2.24) is 15.2 Å². The largest absolute Gasteiger partial charge is 0.411 e. The summed E-state index contributed by atoms with van der Waals surface area (Å²) in [4.78, 5) is 15.7. The van der Waals surface area contributed by atoms with Crippen molar-refractivity contribution in [3.63, 3.8) is 0 Å². The molecule has 2 aromatic heterocycles. The number of thioether (sulfide) groups is 1. The van der Waals surface area contributed by atoms with E-state index in [1.165, 1.54) is 23.5 Å². The quantitative estimate of drug-likeness (QED) is 0.721. The predicted octanol–water partition coefficient (Wildman–Crippen LogP) is 3.06. The van der Waals surface area contributed by atoms with Crippen molar-refractivity contribution in [2.75, 3.05) is 11.1 Å². The number of rotatable bonds is 5. The number of benzene rings is 1. The van der Waals surface area contributed by atoms with E-state index in [9.17, 15) is 9.18 Å². The lowest BCUT2D eigenvalue weighted by molar-refractivity contribution is -0.113. The van der Waals surface area contributed by atoms with Gasteiger partial charge in [-0.3, -0.25) is 4.79 Å². The molecule has 3 aromatic rings. The fourth-order valence-electron chi connectivity index (χ4n) is 1.57. The third kappa shape index (κ3) is 3.68. The Labute approximate surface area is 132 Å². The van der Waals surface area contributed by atoms with Gasteiger partial charge in [0.25, 0.3) is 5.22 Å². The van der Waals surface area contributed by atoms with Gasteiger partial charge in [-0.15, -0.1) is 21.5 Å². The topological polar surface area (TPSA) is 80.9 Å². The van der Waals surface area contributed by atoms with E-state index >= 15 is 0 Å². The third-order valence-corrected chi connectivity index (χ3v) is 3.99. The number of hydrogen-bond donors (Lipinski definition) is 1. The number of amides is 1. The van der Waals surface area contributed by atoms with Gasteiger partial charge in [0, 0.05) is 17.1 Å². The molecule has 9 heteroatoms. The average molecular weight is 336 g/mol. The second-order valence-corrected chi connectivity index (χ2v) is 5.88. The molecule has 112 valence electrons. The maximum absolute atomic E-state index is 13.1. The van der Waals surface area contributed by atoms with Crippen molar-refractivity contribution < 1.29 is 13.6 Å². The molecule has 0 radical (unpaired) electrons. The van der Waals surface area contributed by atoms with Crippen molar-refractivity contribution in [3.05, 3.63) is 41.7 Å². The molecular formula is C13H9FN4O2S2. The van der Waals surface area contributed by atoms with E-state index in [1.54, 1.807) is 23.7 Å². The van der Waals surface area contributed by atoms with Crippen LogP contribution in [0.1, 0.15) is 0 Å². The molecule has 0 atom stereocenters. The van der Waals surface area contributed by atoms with Gasteiger partial charge in [0.05, 0.1) is 5.75 Å². The van der Waals surface area contributed by atoms with Crippen molar-refractivity contribution in [3.8, 4) is 11.5 Å². The summed E-state index contributed by atoms with van der Waals surface area (Å²) in [5.74, 6) is -0.273. The monoisotopic (exact) mass is 336 g/mol. The highest BCUT2D eigenvalue weighted by atomic mass is 32.2. The van der Waals surface area contributed by atoms with Gasteiger partial charge in [0.15, 0.2) is 5.13 Å². The van der Waals surface area contributed by atoms with Crippen LogP contribution in [0, 0.1) is 5.82 Å². The van der Waals surface area contributed by atoms with Crippen LogP contribution in [-0.4, -0.2) is 26.8 Å². The Balaban J connectivity index is 1.59. The number of halogens is 1. The maximum Gasteiger partial charge on any atom is 0.277 e. The Morgan fingerprint density at radius 2 is 2.32 bits per heavy atom. The first kappa shape index (κ1) is 14.7. The van der Waals surface area contributed by atoms with Crippen LogP contribution in [0.25, 0.3) is 11.5 Å². The predicted molar refractivity (Wildman–Crippen MR) is 81.2 cm³/mol. The van der Waals surface area contributed by atoms with Crippen LogP contribution in [0.2, 0.25) is 0 Å². The lowest BCUT2D eigenvalue weighted by Gasteiger charge is -1.98. The summed E-state index contributed by atoms with van der Waals surface area (Å²) in [7, 11) is 0. The van der Waals surface area contributed by atoms with Gasteiger partial charge >= 0.3 is 0 Å². The highest BCUT2D eigenvalue weighted by molar-refractivity contribution is 7.99. The molecule has 0 unspecified atom stereocenters. The molecular weight excluding hydrogens is 327 g/mol. The van der Waals surface area contributed by atoms with Gasteiger partial charge in [-0.05, 0) is 18.2 Å². The molecule has 0 aliphatic rings. The van der Waals surface area contributed by atoms with Gasteiger partial charge in [0.1, 0.15) is 5.82 Å². The summed E-state index contributed by atoms with van der Waals surface area (Å²) >= 11 is 2.44.